The molecule has 3 heterocycles. The van der Waals surface area contributed by atoms with E-state index in [1.807, 2.05) is 6.20 Å². The predicted molar refractivity (Wildman–Crippen MR) is 72.0 cm³/mol. The smallest absolute Gasteiger partial charge is 0.193 e. The number of nitrogens with zero attached hydrogens (tertiary/aromatic N) is 3. The highest BCUT2D eigenvalue weighted by molar-refractivity contribution is 7.15. The van der Waals surface area contributed by atoms with E-state index in [4.69, 9.17) is 4.74 Å². The van der Waals surface area contributed by atoms with E-state index in [0.29, 0.717) is 6.10 Å². The van der Waals surface area contributed by atoms with Crippen molar-refractivity contribution >= 4 is 16.3 Å². The lowest BCUT2D eigenvalue weighted by Gasteiger charge is -2.27. The monoisotopic (exact) mass is 266 g/mol. The van der Waals surface area contributed by atoms with Crippen molar-refractivity contribution in [1.82, 2.24) is 19.6 Å². The maximum atomic E-state index is 5.70. The molecule has 0 aliphatic carbocycles. The van der Waals surface area contributed by atoms with Crippen molar-refractivity contribution in [2.24, 2.45) is 0 Å². The first-order valence-electron chi connectivity index (χ1n) is 6.23. The Morgan fingerprint density at radius 3 is 3.39 bits per heavy atom. The Bertz CT molecular complexity index is 474. The molecule has 0 aromatic carbocycles. The minimum absolute atomic E-state index is 0.299. The Hall–Kier alpha value is -0.950. The summed E-state index contributed by atoms with van der Waals surface area (Å²) in [5, 5.41) is 5.40. The van der Waals surface area contributed by atoms with Crippen LogP contribution in [-0.2, 0) is 11.3 Å². The molecule has 1 fully saturated rings. The molecule has 0 spiro atoms. The molecule has 1 atom stereocenters. The van der Waals surface area contributed by atoms with Gasteiger partial charge in [-0.15, -0.1) is 11.3 Å². The van der Waals surface area contributed by atoms with Crippen LogP contribution in [0.3, 0.4) is 0 Å². The number of rotatable bonds is 4. The van der Waals surface area contributed by atoms with Gasteiger partial charge in [-0.25, -0.2) is 4.98 Å². The molecule has 1 aliphatic rings. The summed E-state index contributed by atoms with van der Waals surface area (Å²) in [6.07, 6.45) is 4.44. The molecule has 1 unspecified atom stereocenters. The molecule has 1 saturated heterocycles. The summed E-state index contributed by atoms with van der Waals surface area (Å²) in [6.45, 7) is 4.55. The number of thiazole rings is 1. The van der Waals surface area contributed by atoms with Gasteiger partial charge in [0.15, 0.2) is 4.96 Å². The van der Waals surface area contributed by atoms with Crippen molar-refractivity contribution in [1.29, 1.82) is 0 Å². The molecule has 18 heavy (non-hydrogen) atoms. The molecule has 1 N–H and O–H groups in total. The van der Waals surface area contributed by atoms with Crippen molar-refractivity contribution in [3.8, 4) is 0 Å². The van der Waals surface area contributed by atoms with Crippen LogP contribution >= 0.6 is 11.3 Å². The van der Waals surface area contributed by atoms with E-state index < -0.39 is 0 Å². The molecule has 98 valence electrons. The lowest BCUT2D eigenvalue weighted by molar-refractivity contribution is 0.00870. The van der Waals surface area contributed by atoms with Gasteiger partial charge < -0.3 is 10.1 Å². The average Bonchev–Trinajstić information content (AvgIpc) is 2.90. The highest BCUT2D eigenvalue weighted by Crippen LogP contribution is 2.12. The van der Waals surface area contributed by atoms with Gasteiger partial charge in [-0.05, 0) is 7.05 Å². The first kappa shape index (κ1) is 12.1. The van der Waals surface area contributed by atoms with Crippen LogP contribution in [0.2, 0.25) is 0 Å². The van der Waals surface area contributed by atoms with Crippen molar-refractivity contribution in [2.45, 2.75) is 12.6 Å². The third-order valence-electron chi connectivity index (χ3n) is 3.09. The van der Waals surface area contributed by atoms with E-state index in [1.54, 1.807) is 11.3 Å². The molecule has 0 radical (unpaired) electrons. The first-order chi connectivity index (χ1) is 8.81. The molecule has 6 heteroatoms. The largest absolute Gasteiger partial charge is 0.374 e. The zero-order valence-electron chi connectivity index (χ0n) is 10.5. The van der Waals surface area contributed by atoms with E-state index in [-0.39, 0.29) is 0 Å². The van der Waals surface area contributed by atoms with Gasteiger partial charge in [0.25, 0.3) is 0 Å². The number of hydrogen-bond acceptors (Lipinski definition) is 5. The second-order valence-corrected chi connectivity index (χ2v) is 5.59. The zero-order chi connectivity index (χ0) is 12.4. The van der Waals surface area contributed by atoms with E-state index in [2.05, 4.69) is 38.2 Å². The number of fused-ring (bicyclic) bond motifs is 1. The molecule has 2 aromatic heterocycles. The Morgan fingerprint density at radius 1 is 1.67 bits per heavy atom. The summed E-state index contributed by atoms with van der Waals surface area (Å²) in [5.74, 6) is 0. The fourth-order valence-electron chi connectivity index (χ4n) is 2.28. The molecule has 2 aromatic rings. The summed E-state index contributed by atoms with van der Waals surface area (Å²) in [5.41, 5.74) is 1.12. The molecule has 5 nitrogen and oxygen atoms in total. The van der Waals surface area contributed by atoms with E-state index in [9.17, 15) is 0 Å². The van der Waals surface area contributed by atoms with Gasteiger partial charge in [0.2, 0.25) is 0 Å². The Kier molecular flexibility index (Phi) is 3.60. The molecular weight excluding hydrogens is 248 g/mol. The maximum absolute atomic E-state index is 5.70. The van der Waals surface area contributed by atoms with Gasteiger partial charge in [-0.1, -0.05) is 0 Å². The summed E-state index contributed by atoms with van der Waals surface area (Å²) in [7, 11) is 2.12. The Morgan fingerprint density at radius 2 is 2.61 bits per heavy atom. The molecule has 3 rings (SSSR count). The van der Waals surface area contributed by atoms with Crippen LogP contribution in [0.4, 0.5) is 0 Å². The second kappa shape index (κ2) is 5.36. The molecule has 0 amide bonds. The van der Waals surface area contributed by atoms with Gasteiger partial charge >= 0.3 is 0 Å². The highest BCUT2D eigenvalue weighted by atomic mass is 32.1. The predicted octanol–water partition coefficient (Wildman–Crippen LogP) is 0.816. The Labute approximate surface area is 110 Å². The van der Waals surface area contributed by atoms with Crippen molar-refractivity contribution in [2.75, 3.05) is 33.3 Å². The highest BCUT2D eigenvalue weighted by Gasteiger charge is 2.16. The van der Waals surface area contributed by atoms with Gasteiger partial charge in [0.05, 0.1) is 18.4 Å². The number of likely N-dealkylation sites (N-methyl/N-ethyl adjacent to an activating group) is 1. The van der Waals surface area contributed by atoms with Crippen LogP contribution in [-0.4, -0.2) is 53.7 Å². The van der Waals surface area contributed by atoms with Gasteiger partial charge in [-0.3, -0.25) is 9.30 Å². The zero-order valence-corrected chi connectivity index (χ0v) is 11.3. The number of morpholine rings is 1. The maximum Gasteiger partial charge on any atom is 0.193 e. The van der Waals surface area contributed by atoms with Crippen LogP contribution in [0.5, 0.6) is 0 Å². The topological polar surface area (TPSA) is 41.8 Å². The van der Waals surface area contributed by atoms with E-state index >= 15 is 0 Å². The standard InChI is InChI=1S/C12H18N4OS/c1-15(9-11-6-13-2-4-17-11)7-10-8-16-3-5-18-12(16)14-10/h3,5,8,11,13H,2,4,6-7,9H2,1H3. The van der Waals surface area contributed by atoms with Crippen molar-refractivity contribution in [3.63, 3.8) is 0 Å². The minimum Gasteiger partial charge on any atom is -0.374 e. The number of imidazole rings is 1. The third-order valence-corrected chi connectivity index (χ3v) is 3.87. The van der Waals surface area contributed by atoms with Crippen LogP contribution < -0.4 is 5.32 Å². The average molecular weight is 266 g/mol. The van der Waals surface area contributed by atoms with E-state index in [0.717, 1.165) is 43.4 Å². The molecule has 1 aliphatic heterocycles. The lowest BCUT2D eigenvalue weighted by Crippen LogP contribution is -2.44. The molecule has 0 saturated carbocycles. The summed E-state index contributed by atoms with van der Waals surface area (Å²) >= 11 is 1.67. The summed E-state index contributed by atoms with van der Waals surface area (Å²) in [6, 6.07) is 0. The number of ether oxygens (including phenoxy) is 1. The SMILES string of the molecule is CN(Cc1cn2ccsc2n1)CC1CNCCO1. The van der Waals surface area contributed by atoms with Crippen LogP contribution in [0.15, 0.2) is 17.8 Å². The minimum atomic E-state index is 0.299. The lowest BCUT2D eigenvalue weighted by atomic mass is 10.3. The summed E-state index contributed by atoms with van der Waals surface area (Å²) < 4.78 is 7.78. The quantitative estimate of drug-likeness (QED) is 0.889. The van der Waals surface area contributed by atoms with Crippen molar-refractivity contribution < 1.29 is 4.74 Å². The normalized spacial score (nSPS) is 20.9. The van der Waals surface area contributed by atoms with Crippen molar-refractivity contribution in [3.05, 3.63) is 23.5 Å². The fourth-order valence-corrected chi connectivity index (χ4v) is 3.00. The molecule has 0 bridgehead atoms. The van der Waals surface area contributed by atoms with Crippen LogP contribution in [0.1, 0.15) is 5.69 Å². The third kappa shape index (κ3) is 2.72. The van der Waals surface area contributed by atoms with Crippen LogP contribution in [0, 0.1) is 0 Å². The number of hydrogen-bond donors (Lipinski definition) is 1. The molecular formula is C12H18N4OS. The van der Waals surface area contributed by atoms with Gasteiger partial charge in [0.1, 0.15) is 0 Å². The Balaban J connectivity index is 1.56. The van der Waals surface area contributed by atoms with Gasteiger partial charge in [-0.2, -0.15) is 0 Å². The van der Waals surface area contributed by atoms with E-state index in [1.165, 1.54) is 0 Å². The second-order valence-electron chi connectivity index (χ2n) is 4.72. The fraction of sp³-hybridized carbons (Fsp3) is 0.583. The number of aromatic nitrogens is 2. The first-order valence-corrected chi connectivity index (χ1v) is 7.11. The number of nitrogens with one attached hydrogen (secondary N) is 1. The van der Waals surface area contributed by atoms with Crippen LogP contribution in [0.25, 0.3) is 4.96 Å². The summed E-state index contributed by atoms with van der Waals surface area (Å²) in [4.78, 5) is 7.92. The van der Waals surface area contributed by atoms with Gasteiger partial charge in [0, 0.05) is 44.0 Å².